The first kappa shape index (κ1) is 20.0. The Morgan fingerprint density at radius 3 is 2.61 bits per heavy atom. The average molecular weight is 454 g/mol. The summed E-state index contributed by atoms with van der Waals surface area (Å²) >= 11 is 5.96. The third-order valence-corrected chi connectivity index (χ3v) is 7.14. The number of hydrogen-bond donors (Lipinski definition) is 1. The van der Waals surface area contributed by atoms with E-state index in [1.807, 2.05) is 61.5 Å². The number of H-pyrrole nitrogens is 1. The Morgan fingerprint density at radius 1 is 1.03 bits per heavy atom. The molecule has 2 aliphatic rings. The zero-order valence-electron chi connectivity index (χ0n) is 18.4. The van der Waals surface area contributed by atoms with Crippen LogP contribution in [-0.2, 0) is 11.2 Å². The van der Waals surface area contributed by atoms with E-state index in [1.165, 1.54) is 5.56 Å². The van der Waals surface area contributed by atoms with Gasteiger partial charge in [0.15, 0.2) is 5.11 Å². The van der Waals surface area contributed by atoms with E-state index in [0.29, 0.717) is 11.5 Å². The van der Waals surface area contributed by atoms with Crippen LogP contribution in [0.5, 0.6) is 5.75 Å². The molecule has 1 N–H and O–H groups in total. The van der Waals surface area contributed by atoms with E-state index in [4.69, 9.17) is 17.0 Å². The van der Waals surface area contributed by atoms with Gasteiger partial charge in [-0.25, -0.2) is 0 Å². The van der Waals surface area contributed by atoms with E-state index < -0.39 is 0 Å². The molecule has 0 radical (unpaired) electrons. The topological polar surface area (TPSA) is 48.6 Å². The fraction of sp³-hybridized carbons (Fsp3) is 0.185. The van der Waals surface area contributed by atoms with Gasteiger partial charge >= 0.3 is 0 Å². The largest absolute Gasteiger partial charge is 0.497 e. The summed E-state index contributed by atoms with van der Waals surface area (Å²) in [6, 6.07) is 23.7. The maximum absolute atomic E-state index is 13.8. The molecule has 1 fully saturated rings. The van der Waals surface area contributed by atoms with E-state index in [2.05, 4.69) is 28.1 Å². The number of aromatic nitrogens is 1. The highest BCUT2D eigenvalue weighted by Gasteiger charge is 2.51. The van der Waals surface area contributed by atoms with Crippen molar-refractivity contribution in [3.8, 4) is 5.75 Å². The van der Waals surface area contributed by atoms with Crippen molar-refractivity contribution in [1.82, 2.24) is 9.88 Å². The minimum absolute atomic E-state index is 0.0210. The summed E-state index contributed by atoms with van der Waals surface area (Å²) in [4.78, 5) is 21.2. The van der Waals surface area contributed by atoms with Crippen molar-refractivity contribution in [2.24, 2.45) is 0 Å². The highest BCUT2D eigenvalue weighted by molar-refractivity contribution is 7.80. The second-order valence-electron chi connectivity index (χ2n) is 8.66. The molecule has 1 saturated heterocycles. The highest BCUT2D eigenvalue weighted by atomic mass is 32.1. The number of carbonyl (C=O) groups excluding carboxylic acids is 1. The number of aryl methyl sites for hydroxylation is 1. The van der Waals surface area contributed by atoms with Gasteiger partial charge in [0.05, 0.1) is 18.8 Å². The third kappa shape index (κ3) is 2.98. The number of hydrogen-bond acceptors (Lipinski definition) is 3. The molecule has 2 unspecified atom stereocenters. The monoisotopic (exact) mass is 453 g/mol. The van der Waals surface area contributed by atoms with Crippen LogP contribution in [0, 0.1) is 6.92 Å². The van der Waals surface area contributed by atoms with Gasteiger partial charge in [0.2, 0.25) is 0 Å². The number of fused-ring (bicyclic) bond motifs is 4. The number of aromatic amines is 1. The van der Waals surface area contributed by atoms with E-state index >= 15 is 0 Å². The molecular weight excluding hydrogens is 430 g/mol. The van der Waals surface area contributed by atoms with Crippen molar-refractivity contribution < 1.29 is 9.53 Å². The van der Waals surface area contributed by atoms with E-state index in [-0.39, 0.29) is 18.0 Å². The smallest absolute Gasteiger partial charge is 0.256 e. The van der Waals surface area contributed by atoms with Crippen molar-refractivity contribution in [3.63, 3.8) is 0 Å². The molecule has 2 aliphatic heterocycles. The lowest BCUT2D eigenvalue weighted by atomic mass is 9.89. The van der Waals surface area contributed by atoms with Gasteiger partial charge in [0.1, 0.15) is 11.8 Å². The van der Waals surface area contributed by atoms with Crippen molar-refractivity contribution in [2.75, 3.05) is 12.0 Å². The number of thiocarbonyl (C=S) groups is 1. The second kappa shape index (κ2) is 7.46. The summed E-state index contributed by atoms with van der Waals surface area (Å²) in [7, 11) is 1.67. The van der Waals surface area contributed by atoms with Crippen LogP contribution in [0.3, 0.4) is 0 Å². The first-order valence-corrected chi connectivity index (χ1v) is 11.4. The van der Waals surface area contributed by atoms with Crippen LogP contribution in [0.25, 0.3) is 10.9 Å². The van der Waals surface area contributed by atoms with Crippen molar-refractivity contribution >= 4 is 39.8 Å². The fourth-order valence-corrected chi connectivity index (χ4v) is 5.59. The van der Waals surface area contributed by atoms with Crippen LogP contribution in [-0.4, -0.2) is 34.1 Å². The number of rotatable bonds is 3. The van der Waals surface area contributed by atoms with Gasteiger partial charge < -0.3 is 14.6 Å². The number of nitrogens with zero attached hydrogens (tertiary/aromatic N) is 2. The summed E-state index contributed by atoms with van der Waals surface area (Å²) in [5.41, 5.74) is 6.33. The SMILES string of the molecule is COc1cccc(C2c3[nH]c4ccccc4c3CC3C(=O)N(c4ccc(C)cc4)C(=S)N32)c1. The molecule has 6 rings (SSSR count). The Kier molecular flexibility index (Phi) is 4.52. The van der Waals surface area contributed by atoms with E-state index in [0.717, 1.165) is 39.2 Å². The lowest BCUT2D eigenvalue weighted by Gasteiger charge is -2.37. The number of ether oxygens (including phenoxy) is 1. The molecule has 6 heteroatoms. The van der Waals surface area contributed by atoms with Gasteiger partial charge in [0.25, 0.3) is 5.91 Å². The molecule has 0 aliphatic carbocycles. The van der Waals surface area contributed by atoms with E-state index in [9.17, 15) is 4.79 Å². The number of nitrogens with one attached hydrogen (secondary N) is 1. The molecule has 3 heterocycles. The second-order valence-corrected chi connectivity index (χ2v) is 9.03. The first-order valence-electron chi connectivity index (χ1n) is 11.0. The number of methoxy groups -OCH3 is 1. The number of anilines is 1. The van der Waals surface area contributed by atoms with Gasteiger partial charge in [-0.05, 0) is 60.6 Å². The van der Waals surface area contributed by atoms with Crippen LogP contribution in [0.2, 0.25) is 0 Å². The Morgan fingerprint density at radius 2 is 1.82 bits per heavy atom. The maximum Gasteiger partial charge on any atom is 0.256 e. The van der Waals surface area contributed by atoms with Gasteiger partial charge in [-0.15, -0.1) is 0 Å². The molecule has 2 atom stereocenters. The highest BCUT2D eigenvalue weighted by Crippen LogP contribution is 2.45. The molecule has 3 aromatic carbocycles. The Bertz CT molecular complexity index is 1410. The van der Waals surface area contributed by atoms with Gasteiger partial charge in [0, 0.05) is 23.0 Å². The molecule has 164 valence electrons. The van der Waals surface area contributed by atoms with Crippen molar-refractivity contribution in [2.45, 2.75) is 25.4 Å². The lowest BCUT2D eigenvalue weighted by Crippen LogP contribution is -2.44. The summed E-state index contributed by atoms with van der Waals surface area (Å²) in [6.45, 7) is 2.04. The summed E-state index contributed by atoms with van der Waals surface area (Å²) in [5.74, 6) is 0.798. The number of benzene rings is 3. The molecular formula is C27H23N3O2S. The van der Waals surface area contributed by atoms with Crippen LogP contribution in [0.15, 0.2) is 72.8 Å². The van der Waals surface area contributed by atoms with E-state index in [1.54, 1.807) is 12.0 Å². The standard InChI is InChI=1S/C27H23N3O2S/c1-16-10-12-18(13-11-16)29-26(31)23-15-21-20-8-3-4-9-22(20)28-24(21)25(30(23)27(29)33)17-6-5-7-19(14-17)32-2/h3-14,23,25,28H,15H2,1-2H3. The quantitative estimate of drug-likeness (QED) is 0.437. The molecule has 5 nitrogen and oxygen atoms in total. The molecule has 33 heavy (non-hydrogen) atoms. The zero-order chi connectivity index (χ0) is 22.7. The molecule has 4 aromatic rings. The minimum atomic E-state index is -0.360. The third-order valence-electron chi connectivity index (χ3n) is 6.75. The molecule has 1 amide bonds. The van der Waals surface area contributed by atoms with Crippen LogP contribution < -0.4 is 9.64 Å². The lowest BCUT2D eigenvalue weighted by molar-refractivity contribution is -0.120. The first-order chi connectivity index (χ1) is 16.1. The fourth-order valence-electron chi connectivity index (χ4n) is 5.16. The maximum atomic E-state index is 13.8. The minimum Gasteiger partial charge on any atom is -0.497 e. The normalized spacial score (nSPS) is 19.7. The van der Waals surface area contributed by atoms with Gasteiger partial charge in [-0.2, -0.15) is 0 Å². The Balaban J connectivity index is 1.54. The number of para-hydroxylation sites is 1. The van der Waals surface area contributed by atoms with Gasteiger partial charge in [-0.3, -0.25) is 9.69 Å². The summed E-state index contributed by atoms with van der Waals surface area (Å²) in [5, 5.41) is 1.69. The molecule has 0 bridgehead atoms. The zero-order valence-corrected chi connectivity index (χ0v) is 19.2. The number of amides is 1. The summed E-state index contributed by atoms with van der Waals surface area (Å²) in [6.07, 6.45) is 0.612. The summed E-state index contributed by atoms with van der Waals surface area (Å²) < 4.78 is 5.51. The van der Waals surface area contributed by atoms with Crippen LogP contribution in [0.4, 0.5) is 5.69 Å². The van der Waals surface area contributed by atoms with Crippen LogP contribution >= 0.6 is 12.2 Å². The Labute approximate surface area is 197 Å². The van der Waals surface area contributed by atoms with Crippen LogP contribution in [0.1, 0.15) is 28.4 Å². The molecule has 1 aromatic heterocycles. The molecule has 0 spiro atoms. The Hall–Kier alpha value is -3.64. The predicted molar refractivity (Wildman–Crippen MR) is 134 cm³/mol. The van der Waals surface area contributed by atoms with Crippen molar-refractivity contribution in [1.29, 1.82) is 0 Å². The van der Waals surface area contributed by atoms with Crippen molar-refractivity contribution in [3.05, 3.63) is 95.2 Å². The molecule has 0 saturated carbocycles. The average Bonchev–Trinajstić information content (AvgIpc) is 3.33. The van der Waals surface area contributed by atoms with Gasteiger partial charge in [-0.1, -0.05) is 48.0 Å². The number of carbonyl (C=O) groups is 1. The predicted octanol–water partition coefficient (Wildman–Crippen LogP) is 5.13.